The first kappa shape index (κ1) is 21.2. The number of amides is 1. The summed E-state index contributed by atoms with van der Waals surface area (Å²) >= 11 is 9.78. The molecule has 0 radical (unpaired) electrons. The quantitative estimate of drug-likeness (QED) is 0.525. The number of hydrogen-bond donors (Lipinski definition) is 1. The number of H-pyrrole nitrogens is 1. The Balaban J connectivity index is 1.57. The van der Waals surface area contributed by atoms with Crippen molar-refractivity contribution in [3.05, 3.63) is 80.4 Å². The zero-order valence-corrected chi connectivity index (χ0v) is 19.8. The van der Waals surface area contributed by atoms with Gasteiger partial charge < -0.3 is 14.5 Å². The molecule has 1 aliphatic carbocycles. The first-order chi connectivity index (χ1) is 15.5. The summed E-state index contributed by atoms with van der Waals surface area (Å²) in [6, 6.07) is 14.8. The summed E-state index contributed by atoms with van der Waals surface area (Å²) in [5.41, 5.74) is 3.24. The summed E-state index contributed by atoms with van der Waals surface area (Å²) in [6.45, 7) is 0.557. The van der Waals surface area contributed by atoms with Crippen LogP contribution in [0.15, 0.2) is 53.0 Å². The second kappa shape index (κ2) is 8.68. The van der Waals surface area contributed by atoms with Crippen LogP contribution in [0.3, 0.4) is 0 Å². The van der Waals surface area contributed by atoms with Gasteiger partial charge in [-0.2, -0.15) is 0 Å². The first-order valence-electron chi connectivity index (χ1n) is 10.5. The molecule has 2 heterocycles. The predicted octanol–water partition coefficient (Wildman–Crippen LogP) is 4.50. The normalized spacial score (nSPS) is 19.3. The molecule has 0 fully saturated rings. The molecule has 3 aromatic rings. The lowest BCUT2D eigenvalue weighted by Gasteiger charge is -2.35. The molecule has 2 aliphatic rings. The number of aromatic nitrogens is 1. The van der Waals surface area contributed by atoms with Crippen molar-refractivity contribution < 1.29 is 14.3 Å². The van der Waals surface area contributed by atoms with E-state index in [0.717, 1.165) is 39.7 Å². The lowest BCUT2D eigenvalue weighted by Crippen LogP contribution is -2.43. The summed E-state index contributed by atoms with van der Waals surface area (Å²) in [5, 5.41) is 2.21. The molecular weight excluding hydrogens is 492 g/mol. The topological polar surface area (TPSA) is 54.6 Å². The molecule has 1 aromatic heterocycles. The predicted molar refractivity (Wildman–Crippen MR) is 129 cm³/mol. The van der Waals surface area contributed by atoms with Gasteiger partial charge in [0.2, 0.25) is 0 Å². The second-order valence-corrected chi connectivity index (χ2v) is 9.38. The molecule has 2 aromatic carbocycles. The molecule has 0 saturated carbocycles. The molecular formula is C25H22BrClN2O3. The zero-order chi connectivity index (χ0) is 22.2. The van der Waals surface area contributed by atoms with Gasteiger partial charge in [-0.25, -0.2) is 4.79 Å². The van der Waals surface area contributed by atoms with Crippen molar-refractivity contribution in [3.63, 3.8) is 0 Å². The van der Waals surface area contributed by atoms with Crippen molar-refractivity contribution in [1.82, 2.24) is 9.88 Å². The number of hydrogen-bond acceptors (Lipinski definition) is 3. The highest BCUT2D eigenvalue weighted by Crippen LogP contribution is 2.34. The lowest BCUT2D eigenvalue weighted by atomic mass is 9.92. The van der Waals surface area contributed by atoms with Gasteiger partial charge in [-0.15, -0.1) is 11.6 Å². The number of ether oxygens (including phenoxy) is 2. The van der Waals surface area contributed by atoms with Crippen molar-refractivity contribution in [3.8, 4) is 11.5 Å². The molecule has 164 valence electrons. The number of methoxy groups -OCH3 is 1. The van der Waals surface area contributed by atoms with Gasteiger partial charge in [0, 0.05) is 22.1 Å². The molecule has 5 nitrogen and oxygen atoms in total. The number of carbonyl (C=O) groups is 1. The first-order valence-corrected chi connectivity index (χ1v) is 11.7. The summed E-state index contributed by atoms with van der Waals surface area (Å²) in [5.74, 6) is 1.28. The Labute approximate surface area is 199 Å². The van der Waals surface area contributed by atoms with Gasteiger partial charge in [0.1, 0.15) is 17.5 Å². The minimum absolute atomic E-state index is 0.0273. The highest BCUT2D eigenvalue weighted by atomic mass is 79.9. The fourth-order valence-corrected chi connectivity index (χ4v) is 4.93. The van der Waals surface area contributed by atoms with Crippen molar-refractivity contribution in [2.45, 2.75) is 24.3 Å². The van der Waals surface area contributed by atoms with E-state index in [1.165, 1.54) is 10.8 Å². The largest absolute Gasteiger partial charge is 0.497 e. The Hall–Kier alpha value is -2.70. The fourth-order valence-electron chi connectivity index (χ4n) is 4.45. The molecule has 5 rings (SSSR count). The minimum atomic E-state index is -0.380. The van der Waals surface area contributed by atoms with E-state index >= 15 is 0 Å². The van der Waals surface area contributed by atoms with Crippen LogP contribution in [0.4, 0.5) is 4.79 Å². The van der Waals surface area contributed by atoms with E-state index in [2.05, 4.69) is 33.1 Å². The number of benzene rings is 2. The smallest absolute Gasteiger partial charge is 0.416 e. The Morgan fingerprint density at radius 1 is 1.12 bits per heavy atom. The number of nitrogens with zero attached hydrogens (tertiary/aromatic N) is 1. The molecule has 1 N–H and O–H groups in total. The Kier molecular flexibility index (Phi) is 5.74. The maximum absolute atomic E-state index is 13.3. The number of halogens is 2. The maximum Gasteiger partial charge on any atom is 0.416 e. The van der Waals surface area contributed by atoms with Gasteiger partial charge in [0.25, 0.3) is 0 Å². The van der Waals surface area contributed by atoms with Crippen LogP contribution < -0.4 is 20.0 Å². The monoisotopic (exact) mass is 512 g/mol. The summed E-state index contributed by atoms with van der Waals surface area (Å²) in [6.07, 6.45) is 5.44. The number of rotatable bonds is 3. The van der Waals surface area contributed by atoms with Crippen molar-refractivity contribution >= 4 is 45.8 Å². The Morgan fingerprint density at radius 2 is 1.84 bits per heavy atom. The molecule has 7 heteroatoms. The van der Waals surface area contributed by atoms with Crippen LogP contribution in [0.25, 0.3) is 12.2 Å². The van der Waals surface area contributed by atoms with Crippen LogP contribution in [-0.4, -0.2) is 35.0 Å². The molecule has 1 amide bonds. The SMILES string of the molecule is COc1ccc(C2c3[nH]c4c(c3CCN2C(=O)Oc2ccc(Br)cc2)=CCC(Cl)C=4)cc1. The molecule has 32 heavy (non-hydrogen) atoms. The summed E-state index contributed by atoms with van der Waals surface area (Å²) < 4.78 is 12.0. The van der Waals surface area contributed by atoms with Gasteiger partial charge in [0.15, 0.2) is 0 Å². The molecule has 2 unspecified atom stereocenters. The summed E-state index contributed by atoms with van der Waals surface area (Å²) in [4.78, 5) is 18.6. The Morgan fingerprint density at radius 3 is 2.56 bits per heavy atom. The average molecular weight is 514 g/mol. The van der Waals surface area contributed by atoms with Gasteiger partial charge >= 0.3 is 6.09 Å². The van der Waals surface area contributed by atoms with E-state index < -0.39 is 0 Å². The van der Waals surface area contributed by atoms with Gasteiger partial charge in [-0.05, 0) is 71.7 Å². The van der Waals surface area contributed by atoms with Gasteiger partial charge in [0.05, 0.1) is 12.5 Å². The van der Waals surface area contributed by atoms with Gasteiger partial charge in [-0.3, -0.25) is 4.90 Å². The minimum Gasteiger partial charge on any atom is -0.497 e. The number of fused-ring (bicyclic) bond motifs is 3. The number of carbonyl (C=O) groups excluding carboxylic acids is 1. The second-order valence-electron chi connectivity index (χ2n) is 7.91. The van der Waals surface area contributed by atoms with E-state index in [1.807, 2.05) is 36.4 Å². The third-order valence-electron chi connectivity index (χ3n) is 5.98. The van der Waals surface area contributed by atoms with Crippen molar-refractivity contribution in [2.24, 2.45) is 0 Å². The fraction of sp³-hybridized carbons (Fsp3) is 0.240. The number of alkyl halides is 1. The molecule has 0 saturated heterocycles. The van der Waals surface area contributed by atoms with E-state index in [0.29, 0.717) is 12.3 Å². The maximum atomic E-state index is 13.3. The zero-order valence-electron chi connectivity index (χ0n) is 17.5. The van der Waals surface area contributed by atoms with Crippen LogP contribution in [0.2, 0.25) is 0 Å². The van der Waals surface area contributed by atoms with E-state index in [-0.39, 0.29) is 17.5 Å². The van der Waals surface area contributed by atoms with Crippen LogP contribution in [-0.2, 0) is 6.42 Å². The Bertz CT molecular complexity index is 1270. The average Bonchev–Trinajstić information content (AvgIpc) is 3.17. The standard InChI is InChI=1S/C25H22BrClN2O3/c1-31-18-7-2-15(3-8-18)24-23-21(20-11-6-17(27)14-22(20)28-23)12-13-29(24)25(30)32-19-9-4-16(26)5-10-19/h2-5,7-11,14,17,24,28H,6,12-13H2,1H3. The number of nitrogens with one attached hydrogen (secondary N) is 1. The summed E-state index contributed by atoms with van der Waals surface area (Å²) in [7, 11) is 1.64. The van der Waals surface area contributed by atoms with Crippen LogP contribution in [0.5, 0.6) is 11.5 Å². The van der Waals surface area contributed by atoms with Crippen LogP contribution in [0, 0.1) is 0 Å². The number of aromatic amines is 1. The van der Waals surface area contributed by atoms with E-state index in [1.54, 1.807) is 24.1 Å². The van der Waals surface area contributed by atoms with Gasteiger partial charge in [-0.1, -0.05) is 34.1 Å². The highest BCUT2D eigenvalue weighted by molar-refractivity contribution is 9.10. The third-order valence-corrected chi connectivity index (χ3v) is 6.81. The van der Waals surface area contributed by atoms with Crippen molar-refractivity contribution in [1.29, 1.82) is 0 Å². The molecule has 2 atom stereocenters. The molecule has 0 bridgehead atoms. The van der Waals surface area contributed by atoms with E-state index in [4.69, 9.17) is 21.1 Å². The lowest BCUT2D eigenvalue weighted by molar-refractivity contribution is 0.135. The highest BCUT2D eigenvalue weighted by Gasteiger charge is 2.35. The van der Waals surface area contributed by atoms with Crippen molar-refractivity contribution in [2.75, 3.05) is 13.7 Å². The van der Waals surface area contributed by atoms with Crippen LogP contribution >= 0.6 is 27.5 Å². The molecule has 0 spiro atoms. The van der Waals surface area contributed by atoms with E-state index in [9.17, 15) is 4.79 Å². The molecule has 1 aliphatic heterocycles. The van der Waals surface area contributed by atoms with Crippen LogP contribution in [0.1, 0.15) is 29.3 Å². The third kappa shape index (κ3) is 3.93.